The van der Waals surface area contributed by atoms with Gasteiger partial charge in [-0.3, -0.25) is 5.32 Å². The van der Waals surface area contributed by atoms with Gasteiger partial charge in [0, 0.05) is 37.0 Å². The zero-order valence-corrected chi connectivity index (χ0v) is 18.7. The molecule has 2 N–H and O–H groups in total. The first-order chi connectivity index (χ1) is 15.7. The Morgan fingerprint density at radius 1 is 1.06 bits per heavy atom. The third-order valence-corrected chi connectivity index (χ3v) is 4.54. The van der Waals surface area contributed by atoms with Crippen LogP contribution in [0.3, 0.4) is 0 Å². The Bertz CT molecular complexity index is 1090. The summed E-state index contributed by atoms with van der Waals surface area (Å²) in [5.41, 5.74) is 0.0866. The Balaban J connectivity index is 1.65. The fraction of sp³-hybridized carbons (Fsp3) is 0.348. The molecule has 1 heterocycles. The largest absolute Gasteiger partial charge is 0.491 e. The van der Waals surface area contributed by atoms with Crippen molar-refractivity contribution in [1.82, 2.24) is 9.97 Å². The molecule has 0 fully saturated rings. The lowest BCUT2D eigenvalue weighted by atomic mass is 10.1. The lowest BCUT2D eigenvalue weighted by molar-refractivity contribution is 0.121. The number of amides is 1. The van der Waals surface area contributed by atoms with Gasteiger partial charge in [0.1, 0.15) is 36.0 Å². The summed E-state index contributed by atoms with van der Waals surface area (Å²) in [7, 11) is 1.55. The van der Waals surface area contributed by atoms with E-state index >= 15 is 0 Å². The number of anilines is 3. The molecule has 1 aromatic heterocycles. The number of fused-ring (bicyclic) bond motifs is 1. The summed E-state index contributed by atoms with van der Waals surface area (Å²) in [4.78, 5) is 20.1. The predicted octanol–water partition coefficient (Wildman–Crippen LogP) is 5.22. The number of rotatable bonds is 10. The third-order valence-electron chi connectivity index (χ3n) is 4.54. The van der Waals surface area contributed by atoms with Gasteiger partial charge in [-0.05, 0) is 38.1 Å². The molecule has 8 nitrogen and oxygen atoms in total. The molecule has 3 aromatic rings. The van der Waals surface area contributed by atoms with Crippen LogP contribution < -0.4 is 15.4 Å². The van der Waals surface area contributed by atoms with Gasteiger partial charge >= 0.3 is 6.09 Å². The minimum absolute atomic E-state index is 0.0273. The van der Waals surface area contributed by atoms with Crippen molar-refractivity contribution in [2.24, 2.45) is 0 Å². The molecule has 3 rings (SSSR count). The highest BCUT2D eigenvalue weighted by molar-refractivity contribution is 5.92. The maximum atomic E-state index is 14.8. The molecular weight excluding hydrogens is 434 g/mol. The number of nitrogens with zero attached hydrogens (tertiary/aromatic N) is 2. The molecule has 2 aromatic carbocycles. The Hall–Kier alpha value is -3.53. The molecular formula is C23H26F2N4O4. The molecule has 0 saturated heterocycles. The van der Waals surface area contributed by atoms with Crippen molar-refractivity contribution in [1.29, 1.82) is 0 Å². The number of aromatic nitrogens is 2. The highest BCUT2D eigenvalue weighted by atomic mass is 19.1. The summed E-state index contributed by atoms with van der Waals surface area (Å²) in [5, 5.41) is 5.84. The van der Waals surface area contributed by atoms with Gasteiger partial charge < -0.3 is 19.5 Å². The first-order valence-electron chi connectivity index (χ1n) is 10.3. The summed E-state index contributed by atoms with van der Waals surface area (Å²) in [6.45, 7) is 3.49. The fourth-order valence-electron chi connectivity index (χ4n) is 2.85. The van der Waals surface area contributed by atoms with Crippen LogP contribution in [0.15, 0.2) is 42.7 Å². The van der Waals surface area contributed by atoms with Crippen molar-refractivity contribution in [2.45, 2.75) is 25.9 Å². The summed E-state index contributed by atoms with van der Waals surface area (Å²) >= 11 is 0. The summed E-state index contributed by atoms with van der Waals surface area (Å²) < 4.78 is 43.6. The minimum atomic E-state index is -1.41. The van der Waals surface area contributed by atoms with Crippen LogP contribution in [0.25, 0.3) is 10.9 Å². The van der Waals surface area contributed by atoms with E-state index in [4.69, 9.17) is 14.2 Å². The van der Waals surface area contributed by atoms with Crippen molar-refractivity contribution in [3.63, 3.8) is 0 Å². The topological polar surface area (TPSA) is 94.6 Å². The number of alkyl halides is 1. The van der Waals surface area contributed by atoms with E-state index in [1.54, 1.807) is 37.4 Å². The molecule has 176 valence electrons. The molecule has 0 aliphatic carbocycles. The van der Waals surface area contributed by atoms with E-state index < -0.39 is 17.6 Å². The molecule has 0 saturated carbocycles. The quantitative estimate of drug-likeness (QED) is 0.400. The van der Waals surface area contributed by atoms with Gasteiger partial charge in [0.05, 0.1) is 24.1 Å². The maximum absolute atomic E-state index is 14.8. The maximum Gasteiger partial charge on any atom is 0.411 e. The molecule has 0 aliphatic rings. The van der Waals surface area contributed by atoms with E-state index in [0.29, 0.717) is 35.9 Å². The minimum Gasteiger partial charge on any atom is -0.491 e. The molecule has 10 heteroatoms. The number of hydrogen-bond acceptors (Lipinski definition) is 7. The van der Waals surface area contributed by atoms with E-state index in [9.17, 15) is 13.6 Å². The summed E-state index contributed by atoms with van der Waals surface area (Å²) in [5.74, 6) is 0.106. The van der Waals surface area contributed by atoms with Crippen molar-refractivity contribution in [2.75, 3.05) is 37.6 Å². The molecule has 0 radical (unpaired) electrons. The normalized spacial score (nSPS) is 11.3. The van der Waals surface area contributed by atoms with Gasteiger partial charge in [-0.1, -0.05) is 0 Å². The molecule has 33 heavy (non-hydrogen) atoms. The van der Waals surface area contributed by atoms with Crippen LogP contribution >= 0.6 is 0 Å². The smallest absolute Gasteiger partial charge is 0.411 e. The zero-order chi connectivity index (χ0) is 23.8. The van der Waals surface area contributed by atoms with Crippen molar-refractivity contribution in [3.8, 4) is 5.75 Å². The highest BCUT2D eigenvalue weighted by Gasteiger charge is 2.16. The summed E-state index contributed by atoms with van der Waals surface area (Å²) in [6.07, 6.45) is 0.758. The lowest BCUT2D eigenvalue weighted by Gasteiger charge is -2.14. The van der Waals surface area contributed by atoms with E-state index in [-0.39, 0.29) is 24.2 Å². The van der Waals surface area contributed by atoms with Crippen molar-refractivity contribution >= 4 is 34.2 Å². The standard InChI is InChI=1S/C23H26F2N4O4/c1-23(2,25)8-9-33-22(30)29-16-6-4-15(5-7-16)28-21-20-18(24)12-17(32-11-10-31-3)13-19(20)26-14-27-21/h4-7,12-14H,8-11H2,1-3H3,(H,29,30)(H,26,27,28). The molecule has 0 aliphatic heterocycles. The zero-order valence-electron chi connectivity index (χ0n) is 18.7. The van der Waals surface area contributed by atoms with Crippen LogP contribution in [0.2, 0.25) is 0 Å². The number of carbonyl (C=O) groups is 1. The van der Waals surface area contributed by atoms with E-state index in [1.165, 1.54) is 26.2 Å². The second kappa shape index (κ2) is 10.9. The van der Waals surface area contributed by atoms with E-state index in [2.05, 4.69) is 20.6 Å². The fourth-order valence-corrected chi connectivity index (χ4v) is 2.85. The van der Waals surface area contributed by atoms with Crippen LogP contribution in [0.4, 0.5) is 30.8 Å². The number of halogens is 2. The van der Waals surface area contributed by atoms with E-state index in [1.807, 2.05) is 0 Å². The SMILES string of the molecule is COCCOc1cc(F)c2c(Nc3ccc(NC(=O)OCCC(C)(C)F)cc3)ncnc2c1. The van der Waals surface area contributed by atoms with Gasteiger partial charge in [-0.15, -0.1) is 0 Å². The summed E-state index contributed by atoms with van der Waals surface area (Å²) in [6, 6.07) is 9.57. The first kappa shape index (κ1) is 24.1. The predicted molar refractivity (Wildman–Crippen MR) is 121 cm³/mol. The van der Waals surface area contributed by atoms with Crippen LogP contribution in [0, 0.1) is 5.82 Å². The van der Waals surface area contributed by atoms with Crippen LogP contribution in [-0.4, -0.2) is 48.7 Å². The van der Waals surface area contributed by atoms with Gasteiger partial charge in [-0.25, -0.2) is 23.5 Å². The number of methoxy groups -OCH3 is 1. The van der Waals surface area contributed by atoms with Gasteiger partial charge in [-0.2, -0.15) is 0 Å². The Morgan fingerprint density at radius 3 is 2.48 bits per heavy atom. The van der Waals surface area contributed by atoms with Crippen LogP contribution in [0.1, 0.15) is 20.3 Å². The number of benzene rings is 2. The van der Waals surface area contributed by atoms with Gasteiger partial charge in [0.15, 0.2) is 0 Å². The van der Waals surface area contributed by atoms with Gasteiger partial charge in [0.25, 0.3) is 0 Å². The van der Waals surface area contributed by atoms with Crippen LogP contribution in [0.5, 0.6) is 5.75 Å². The molecule has 0 bridgehead atoms. The van der Waals surface area contributed by atoms with Gasteiger partial charge in [0.2, 0.25) is 0 Å². The molecule has 0 unspecified atom stereocenters. The average Bonchev–Trinajstić information content (AvgIpc) is 2.74. The third kappa shape index (κ3) is 7.25. The highest BCUT2D eigenvalue weighted by Crippen LogP contribution is 2.29. The second-order valence-electron chi connectivity index (χ2n) is 7.79. The molecule has 0 atom stereocenters. The van der Waals surface area contributed by atoms with Crippen LogP contribution in [-0.2, 0) is 9.47 Å². The second-order valence-corrected chi connectivity index (χ2v) is 7.79. The Kier molecular flexibility index (Phi) is 7.94. The molecule has 1 amide bonds. The number of hydrogen-bond donors (Lipinski definition) is 2. The monoisotopic (exact) mass is 460 g/mol. The number of carbonyl (C=O) groups excluding carboxylic acids is 1. The van der Waals surface area contributed by atoms with Crippen molar-refractivity contribution < 1.29 is 27.8 Å². The Labute approximate surface area is 190 Å². The lowest BCUT2D eigenvalue weighted by Crippen LogP contribution is -2.20. The average molecular weight is 460 g/mol. The number of nitrogens with one attached hydrogen (secondary N) is 2. The van der Waals surface area contributed by atoms with E-state index in [0.717, 1.165) is 0 Å². The Morgan fingerprint density at radius 2 is 1.79 bits per heavy atom. The van der Waals surface area contributed by atoms with Crippen molar-refractivity contribution in [3.05, 3.63) is 48.5 Å². The first-order valence-corrected chi connectivity index (χ1v) is 10.3. The number of ether oxygens (including phenoxy) is 3. The molecule has 0 spiro atoms.